The van der Waals surface area contributed by atoms with Crippen molar-refractivity contribution < 1.29 is 9.53 Å². The van der Waals surface area contributed by atoms with Crippen LogP contribution in [0.15, 0.2) is 12.2 Å². The fourth-order valence-electron chi connectivity index (χ4n) is 1.41. The predicted octanol–water partition coefficient (Wildman–Crippen LogP) is 3.32. The zero-order valence-electron chi connectivity index (χ0n) is 9.58. The topological polar surface area (TPSA) is 26.3 Å². The molecule has 1 unspecified atom stereocenters. The van der Waals surface area contributed by atoms with E-state index in [1.165, 1.54) is 38.9 Å². The fraction of sp³-hybridized carbons (Fsp3) is 0.750. The number of carbonyl (C=O) groups excluding carboxylic acids is 1. The zero-order chi connectivity index (χ0) is 10.8. The first-order valence-electron chi connectivity index (χ1n) is 5.49. The van der Waals surface area contributed by atoms with Crippen LogP contribution in [-0.4, -0.2) is 13.1 Å². The van der Waals surface area contributed by atoms with Crippen molar-refractivity contribution in [2.24, 2.45) is 5.92 Å². The van der Waals surface area contributed by atoms with Gasteiger partial charge in [0.1, 0.15) is 0 Å². The second-order valence-electron chi connectivity index (χ2n) is 3.58. The van der Waals surface area contributed by atoms with Crippen molar-refractivity contribution in [2.45, 2.75) is 46.0 Å². The molecule has 82 valence electrons. The van der Waals surface area contributed by atoms with Crippen LogP contribution < -0.4 is 0 Å². The van der Waals surface area contributed by atoms with Crippen LogP contribution in [0.4, 0.5) is 0 Å². The molecule has 0 aliphatic carbocycles. The van der Waals surface area contributed by atoms with Gasteiger partial charge in [0.15, 0.2) is 0 Å². The Kier molecular flexibility index (Phi) is 8.30. The van der Waals surface area contributed by atoms with Gasteiger partial charge in [-0.15, -0.1) is 0 Å². The second-order valence-corrected chi connectivity index (χ2v) is 3.58. The Morgan fingerprint density at radius 3 is 2.64 bits per heavy atom. The smallest absolute Gasteiger partial charge is 0.330 e. The largest absolute Gasteiger partial charge is 0.466 e. The van der Waals surface area contributed by atoms with Crippen molar-refractivity contribution in [3.8, 4) is 0 Å². The van der Waals surface area contributed by atoms with Crippen LogP contribution in [0, 0.1) is 5.92 Å². The number of allylic oxidation sites excluding steroid dienone is 1. The van der Waals surface area contributed by atoms with E-state index >= 15 is 0 Å². The van der Waals surface area contributed by atoms with E-state index in [2.05, 4.69) is 18.6 Å². The summed E-state index contributed by atoms with van der Waals surface area (Å²) in [5.74, 6) is 0.464. The minimum Gasteiger partial charge on any atom is -0.466 e. The number of carbonyl (C=O) groups is 1. The second kappa shape index (κ2) is 8.79. The molecular weight excluding hydrogens is 176 g/mol. The first-order chi connectivity index (χ1) is 6.74. The number of methoxy groups -OCH3 is 1. The van der Waals surface area contributed by atoms with Crippen LogP contribution in [0.25, 0.3) is 0 Å². The highest BCUT2D eigenvalue weighted by molar-refractivity contribution is 5.81. The molecule has 0 aliphatic heterocycles. The van der Waals surface area contributed by atoms with Crippen molar-refractivity contribution in [2.75, 3.05) is 7.11 Å². The minimum absolute atomic E-state index is 0.254. The van der Waals surface area contributed by atoms with Gasteiger partial charge in [-0.25, -0.2) is 4.79 Å². The van der Waals surface area contributed by atoms with E-state index in [0.717, 1.165) is 12.3 Å². The normalized spacial score (nSPS) is 13.1. The highest BCUT2D eigenvalue weighted by Crippen LogP contribution is 2.16. The Morgan fingerprint density at radius 1 is 1.43 bits per heavy atom. The Bertz CT molecular complexity index is 173. The highest BCUT2D eigenvalue weighted by Gasteiger charge is 2.03. The predicted molar refractivity (Wildman–Crippen MR) is 59.1 cm³/mol. The van der Waals surface area contributed by atoms with E-state index < -0.39 is 0 Å². The third kappa shape index (κ3) is 6.70. The molecule has 0 saturated carbocycles. The van der Waals surface area contributed by atoms with E-state index in [1.807, 2.05) is 6.08 Å². The molecular formula is C12H22O2. The molecule has 0 bridgehead atoms. The maximum atomic E-state index is 10.8. The van der Waals surface area contributed by atoms with Crippen LogP contribution in [0.1, 0.15) is 46.0 Å². The number of rotatable bonds is 7. The highest BCUT2D eigenvalue weighted by atomic mass is 16.5. The average molecular weight is 198 g/mol. The molecule has 0 spiro atoms. The standard InChI is InChI=1S/C12H22O2/c1-4-6-8-11(5-2)9-7-10-12(13)14-3/h7,10-11H,4-6,8-9H2,1-3H3. The Morgan fingerprint density at radius 2 is 2.14 bits per heavy atom. The minimum atomic E-state index is -0.254. The van der Waals surface area contributed by atoms with E-state index in [4.69, 9.17) is 0 Å². The molecule has 1 atom stereocenters. The molecule has 0 radical (unpaired) electrons. The molecule has 0 aliphatic rings. The maximum absolute atomic E-state index is 10.8. The van der Waals surface area contributed by atoms with Crippen molar-refractivity contribution in [1.82, 2.24) is 0 Å². The quantitative estimate of drug-likeness (QED) is 0.463. The Labute approximate surface area is 87.3 Å². The molecule has 0 fully saturated rings. The van der Waals surface area contributed by atoms with Crippen LogP contribution >= 0.6 is 0 Å². The first kappa shape index (κ1) is 13.2. The third-order valence-electron chi connectivity index (χ3n) is 2.47. The number of unbranched alkanes of at least 4 members (excludes halogenated alkanes) is 1. The first-order valence-corrected chi connectivity index (χ1v) is 5.49. The number of esters is 1. The lowest BCUT2D eigenvalue weighted by atomic mass is 9.96. The van der Waals surface area contributed by atoms with Gasteiger partial charge in [0.05, 0.1) is 7.11 Å². The molecule has 0 heterocycles. The van der Waals surface area contributed by atoms with Gasteiger partial charge in [0, 0.05) is 6.08 Å². The van der Waals surface area contributed by atoms with Gasteiger partial charge in [0.2, 0.25) is 0 Å². The summed E-state index contributed by atoms with van der Waals surface area (Å²) in [4.78, 5) is 10.8. The number of hydrogen-bond donors (Lipinski definition) is 0. The summed E-state index contributed by atoms with van der Waals surface area (Å²) < 4.78 is 4.52. The lowest BCUT2D eigenvalue weighted by Gasteiger charge is -2.10. The molecule has 0 rings (SSSR count). The Hall–Kier alpha value is -0.790. The lowest BCUT2D eigenvalue weighted by molar-refractivity contribution is -0.134. The van der Waals surface area contributed by atoms with Gasteiger partial charge in [-0.05, 0) is 12.3 Å². The third-order valence-corrected chi connectivity index (χ3v) is 2.47. The summed E-state index contributed by atoms with van der Waals surface area (Å²) in [6.45, 7) is 4.41. The summed E-state index contributed by atoms with van der Waals surface area (Å²) in [5.41, 5.74) is 0. The van der Waals surface area contributed by atoms with Crippen LogP contribution in [0.5, 0.6) is 0 Å². The summed E-state index contributed by atoms with van der Waals surface area (Å²) in [6.07, 6.45) is 9.42. The zero-order valence-corrected chi connectivity index (χ0v) is 9.58. The van der Waals surface area contributed by atoms with E-state index in [1.54, 1.807) is 0 Å². The summed E-state index contributed by atoms with van der Waals surface area (Å²) in [7, 11) is 1.40. The van der Waals surface area contributed by atoms with Gasteiger partial charge in [-0.2, -0.15) is 0 Å². The molecule has 0 saturated heterocycles. The monoisotopic (exact) mass is 198 g/mol. The van der Waals surface area contributed by atoms with Gasteiger partial charge in [-0.3, -0.25) is 0 Å². The molecule has 14 heavy (non-hydrogen) atoms. The molecule has 0 aromatic heterocycles. The van der Waals surface area contributed by atoms with Gasteiger partial charge >= 0.3 is 5.97 Å². The molecule has 0 aromatic carbocycles. The maximum Gasteiger partial charge on any atom is 0.330 e. The number of hydrogen-bond acceptors (Lipinski definition) is 2. The van der Waals surface area contributed by atoms with Crippen LogP contribution in [0.3, 0.4) is 0 Å². The fourth-order valence-corrected chi connectivity index (χ4v) is 1.41. The van der Waals surface area contributed by atoms with E-state index in [9.17, 15) is 4.79 Å². The Balaban J connectivity index is 3.71. The summed E-state index contributed by atoms with van der Waals surface area (Å²) >= 11 is 0. The lowest BCUT2D eigenvalue weighted by Crippen LogP contribution is -1.98. The van der Waals surface area contributed by atoms with Crippen molar-refractivity contribution in [3.05, 3.63) is 12.2 Å². The molecule has 2 nitrogen and oxygen atoms in total. The average Bonchev–Trinajstić information content (AvgIpc) is 2.22. The van der Waals surface area contributed by atoms with Crippen molar-refractivity contribution in [3.63, 3.8) is 0 Å². The summed E-state index contributed by atoms with van der Waals surface area (Å²) in [6, 6.07) is 0. The van der Waals surface area contributed by atoms with Crippen LogP contribution in [-0.2, 0) is 9.53 Å². The molecule has 0 aromatic rings. The number of ether oxygens (including phenoxy) is 1. The van der Waals surface area contributed by atoms with E-state index in [-0.39, 0.29) is 5.97 Å². The van der Waals surface area contributed by atoms with Gasteiger partial charge < -0.3 is 4.74 Å². The van der Waals surface area contributed by atoms with Crippen LogP contribution in [0.2, 0.25) is 0 Å². The summed E-state index contributed by atoms with van der Waals surface area (Å²) in [5, 5.41) is 0. The molecule has 0 amide bonds. The van der Waals surface area contributed by atoms with Gasteiger partial charge in [0.25, 0.3) is 0 Å². The molecule has 2 heteroatoms. The molecule has 0 N–H and O–H groups in total. The van der Waals surface area contributed by atoms with Gasteiger partial charge in [-0.1, -0.05) is 45.6 Å². The van der Waals surface area contributed by atoms with Crippen molar-refractivity contribution >= 4 is 5.97 Å². The van der Waals surface area contributed by atoms with E-state index in [0.29, 0.717) is 0 Å². The SMILES string of the molecule is CCCCC(CC)CC=CC(=O)OC. The van der Waals surface area contributed by atoms with Crippen molar-refractivity contribution in [1.29, 1.82) is 0 Å².